The predicted octanol–water partition coefficient (Wildman–Crippen LogP) is -0.301. The maximum Gasteiger partial charge on any atom is 0.277 e. The van der Waals surface area contributed by atoms with E-state index in [-0.39, 0.29) is 23.5 Å². The van der Waals surface area contributed by atoms with Gasteiger partial charge < -0.3 is 5.73 Å². The zero-order valence-electron chi connectivity index (χ0n) is 9.16. The van der Waals surface area contributed by atoms with Crippen molar-refractivity contribution in [3.05, 3.63) is 0 Å². The van der Waals surface area contributed by atoms with Gasteiger partial charge in [0.1, 0.15) is 0 Å². The van der Waals surface area contributed by atoms with E-state index in [2.05, 4.69) is 9.44 Å². The van der Waals surface area contributed by atoms with Crippen molar-refractivity contribution in [2.45, 2.75) is 51.2 Å². The Labute approximate surface area is 91.0 Å². The van der Waals surface area contributed by atoms with E-state index in [1.54, 1.807) is 0 Å². The molecule has 0 aromatic heterocycles. The minimum Gasteiger partial charge on any atom is -0.327 e. The molecular weight excluding hydrogens is 214 g/mol. The largest absolute Gasteiger partial charge is 0.327 e. The van der Waals surface area contributed by atoms with Crippen molar-refractivity contribution in [3.63, 3.8) is 0 Å². The zero-order chi connectivity index (χ0) is 11.3. The number of rotatable bonds is 4. The second-order valence-electron chi connectivity index (χ2n) is 5.23. The van der Waals surface area contributed by atoms with Gasteiger partial charge in [-0.05, 0) is 24.7 Å². The smallest absolute Gasteiger partial charge is 0.277 e. The second kappa shape index (κ2) is 3.41. The van der Waals surface area contributed by atoms with Crippen molar-refractivity contribution in [2.75, 3.05) is 0 Å². The van der Waals surface area contributed by atoms with Gasteiger partial charge in [-0.1, -0.05) is 13.8 Å². The Morgan fingerprint density at radius 3 is 2.27 bits per heavy atom. The van der Waals surface area contributed by atoms with Crippen molar-refractivity contribution in [1.82, 2.24) is 9.44 Å². The third kappa shape index (κ3) is 2.33. The summed E-state index contributed by atoms with van der Waals surface area (Å²) in [4.78, 5) is 0. The normalized spacial score (nSPS) is 34.9. The van der Waals surface area contributed by atoms with Crippen LogP contribution < -0.4 is 15.2 Å². The Morgan fingerprint density at radius 2 is 1.87 bits per heavy atom. The monoisotopic (exact) mass is 233 g/mol. The third-order valence-electron chi connectivity index (χ3n) is 3.54. The fraction of sp³-hybridized carbons (Fsp3) is 1.00. The molecule has 2 unspecified atom stereocenters. The molecule has 0 aromatic rings. The fourth-order valence-electron chi connectivity index (χ4n) is 1.80. The lowest BCUT2D eigenvalue weighted by Crippen LogP contribution is -2.65. The highest BCUT2D eigenvalue weighted by atomic mass is 32.2. The molecular formula is C9H19N3O2S. The molecule has 2 atom stereocenters. The highest BCUT2D eigenvalue weighted by Crippen LogP contribution is 2.39. The van der Waals surface area contributed by atoms with E-state index in [9.17, 15) is 8.42 Å². The van der Waals surface area contributed by atoms with Crippen LogP contribution in [-0.4, -0.2) is 26.5 Å². The average Bonchev–Trinajstić information content (AvgIpc) is 2.86. The first-order chi connectivity index (χ1) is 6.81. The van der Waals surface area contributed by atoms with Crippen LogP contribution in [-0.2, 0) is 10.2 Å². The molecule has 0 radical (unpaired) electrons. The van der Waals surface area contributed by atoms with Gasteiger partial charge in [-0.25, -0.2) is 0 Å². The highest BCUT2D eigenvalue weighted by molar-refractivity contribution is 7.87. The van der Waals surface area contributed by atoms with E-state index < -0.39 is 10.2 Å². The fourth-order valence-corrected chi connectivity index (χ4v) is 3.32. The average molecular weight is 233 g/mol. The van der Waals surface area contributed by atoms with Crippen LogP contribution in [0.1, 0.15) is 33.1 Å². The standard InChI is InChI=1S/C9H19N3O2S/c1-9(2)7(10)5-8(9)12-15(13,14)11-6-3-4-6/h6-8,11-12H,3-5,10H2,1-2H3. The summed E-state index contributed by atoms with van der Waals surface area (Å²) >= 11 is 0. The minimum atomic E-state index is -3.33. The van der Waals surface area contributed by atoms with Crippen LogP contribution in [0.2, 0.25) is 0 Å². The summed E-state index contributed by atoms with van der Waals surface area (Å²) in [5, 5.41) is 0. The third-order valence-corrected chi connectivity index (χ3v) is 4.78. The lowest BCUT2D eigenvalue weighted by atomic mass is 9.64. The SMILES string of the molecule is CC1(C)C(N)CC1NS(=O)(=O)NC1CC1. The van der Waals surface area contributed by atoms with Crippen LogP contribution in [0.4, 0.5) is 0 Å². The van der Waals surface area contributed by atoms with Gasteiger partial charge in [0.05, 0.1) is 0 Å². The summed E-state index contributed by atoms with van der Waals surface area (Å²) in [6.07, 6.45) is 2.63. The van der Waals surface area contributed by atoms with Crippen molar-refractivity contribution >= 4 is 10.2 Å². The van der Waals surface area contributed by atoms with Crippen LogP contribution in [0.3, 0.4) is 0 Å². The maximum absolute atomic E-state index is 11.6. The van der Waals surface area contributed by atoms with E-state index >= 15 is 0 Å². The molecule has 2 saturated carbocycles. The number of nitrogens with one attached hydrogen (secondary N) is 2. The molecule has 0 bridgehead atoms. The zero-order valence-corrected chi connectivity index (χ0v) is 9.97. The molecule has 0 spiro atoms. The molecule has 2 aliphatic rings. The molecule has 6 heteroatoms. The van der Waals surface area contributed by atoms with Gasteiger partial charge in [-0.2, -0.15) is 17.9 Å². The topological polar surface area (TPSA) is 84.2 Å². The van der Waals surface area contributed by atoms with E-state index in [4.69, 9.17) is 5.73 Å². The predicted molar refractivity (Wildman–Crippen MR) is 58.4 cm³/mol. The summed E-state index contributed by atoms with van der Waals surface area (Å²) in [7, 11) is -3.33. The van der Waals surface area contributed by atoms with Crippen LogP contribution >= 0.6 is 0 Å². The molecule has 2 aliphatic carbocycles. The summed E-state index contributed by atoms with van der Waals surface area (Å²) in [5.41, 5.74) is 5.68. The molecule has 2 rings (SSSR count). The quantitative estimate of drug-likeness (QED) is 0.623. The van der Waals surface area contributed by atoms with E-state index in [0.29, 0.717) is 0 Å². The van der Waals surface area contributed by atoms with Crippen LogP contribution in [0.15, 0.2) is 0 Å². The molecule has 2 fully saturated rings. The van der Waals surface area contributed by atoms with Gasteiger partial charge >= 0.3 is 0 Å². The first kappa shape index (κ1) is 11.3. The Hall–Kier alpha value is -0.170. The molecule has 15 heavy (non-hydrogen) atoms. The molecule has 5 nitrogen and oxygen atoms in total. The van der Waals surface area contributed by atoms with Crippen LogP contribution in [0.5, 0.6) is 0 Å². The molecule has 88 valence electrons. The lowest BCUT2D eigenvalue weighted by molar-refractivity contribution is 0.0900. The summed E-state index contributed by atoms with van der Waals surface area (Å²) < 4.78 is 28.5. The van der Waals surface area contributed by atoms with E-state index in [0.717, 1.165) is 19.3 Å². The summed E-state index contributed by atoms with van der Waals surface area (Å²) in [6.45, 7) is 3.98. The Kier molecular flexibility index (Phi) is 2.57. The van der Waals surface area contributed by atoms with E-state index in [1.807, 2.05) is 13.8 Å². The van der Waals surface area contributed by atoms with Crippen molar-refractivity contribution in [2.24, 2.45) is 11.1 Å². The molecule has 0 aliphatic heterocycles. The first-order valence-electron chi connectivity index (χ1n) is 5.36. The van der Waals surface area contributed by atoms with Crippen molar-refractivity contribution in [3.8, 4) is 0 Å². The molecule has 0 amide bonds. The maximum atomic E-state index is 11.6. The van der Waals surface area contributed by atoms with Crippen LogP contribution in [0.25, 0.3) is 0 Å². The minimum absolute atomic E-state index is 0.0382. The Morgan fingerprint density at radius 1 is 1.27 bits per heavy atom. The van der Waals surface area contributed by atoms with Gasteiger partial charge in [0.2, 0.25) is 0 Å². The number of hydrogen-bond donors (Lipinski definition) is 3. The van der Waals surface area contributed by atoms with E-state index in [1.165, 1.54) is 0 Å². The second-order valence-corrected chi connectivity index (χ2v) is 6.71. The summed E-state index contributed by atoms with van der Waals surface area (Å²) in [6, 6.07) is 0.203. The van der Waals surface area contributed by atoms with Gasteiger partial charge in [0.15, 0.2) is 0 Å². The van der Waals surface area contributed by atoms with Gasteiger partial charge in [0.25, 0.3) is 10.2 Å². The first-order valence-corrected chi connectivity index (χ1v) is 6.85. The van der Waals surface area contributed by atoms with Gasteiger partial charge in [0, 0.05) is 18.1 Å². The Balaban J connectivity index is 1.91. The Bertz CT molecular complexity index is 348. The summed E-state index contributed by atoms with van der Waals surface area (Å²) in [5.74, 6) is 0. The molecule has 0 aromatic carbocycles. The lowest BCUT2D eigenvalue weighted by Gasteiger charge is -2.50. The molecule has 4 N–H and O–H groups in total. The van der Waals surface area contributed by atoms with Crippen LogP contribution in [0, 0.1) is 5.41 Å². The van der Waals surface area contributed by atoms with Gasteiger partial charge in [-0.15, -0.1) is 0 Å². The highest BCUT2D eigenvalue weighted by Gasteiger charge is 2.47. The number of nitrogens with two attached hydrogens (primary N) is 1. The molecule has 0 heterocycles. The van der Waals surface area contributed by atoms with Gasteiger partial charge in [-0.3, -0.25) is 0 Å². The number of hydrogen-bond acceptors (Lipinski definition) is 3. The van der Waals surface area contributed by atoms with Crippen molar-refractivity contribution in [1.29, 1.82) is 0 Å². The molecule has 0 saturated heterocycles. The van der Waals surface area contributed by atoms with Crippen molar-refractivity contribution < 1.29 is 8.42 Å².